The van der Waals surface area contributed by atoms with Gasteiger partial charge in [-0.15, -0.1) is 0 Å². The van der Waals surface area contributed by atoms with E-state index < -0.39 is 0 Å². The van der Waals surface area contributed by atoms with Gasteiger partial charge in [0.2, 0.25) is 0 Å². The Balaban J connectivity index is 1.08. The maximum absolute atomic E-state index is 5.11. The Hall–Kier alpha value is -8.33. The van der Waals surface area contributed by atoms with Crippen molar-refractivity contribution < 1.29 is 0 Å². The van der Waals surface area contributed by atoms with E-state index in [9.17, 15) is 0 Å². The zero-order chi connectivity index (χ0) is 41.2. The van der Waals surface area contributed by atoms with Crippen LogP contribution in [-0.2, 0) is 0 Å². The first-order chi connectivity index (χ1) is 31.3. The van der Waals surface area contributed by atoms with Gasteiger partial charge in [0, 0.05) is 11.3 Å². The first-order valence-corrected chi connectivity index (χ1v) is 21.8. The zero-order valence-corrected chi connectivity index (χ0v) is 34.2. The number of imidazole rings is 1. The molecule has 0 spiro atoms. The van der Waals surface area contributed by atoms with E-state index in [0.29, 0.717) is 0 Å². The summed E-state index contributed by atoms with van der Waals surface area (Å²) in [5.74, 6) is 0.940. The summed E-state index contributed by atoms with van der Waals surface area (Å²) >= 11 is 0. The topological polar surface area (TPSA) is 17.8 Å². The Labute approximate surface area is 363 Å². The van der Waals surface area contributed by atoms with E-state index in [4.69, 9.17) is 4.98 Å². The highest BCUT2D eigenvalue weighted by molar-refractivity contribution is 6.45. The Kier molecular flexibility index (Phi) is 7.14. The third-order valence-electron chi connectivity index (χ3n) is 13.7. The smallest absolute Gasteiger partial charge is 0.145 e. The first-order valence-electron chi connectivity index (χ1n) is 21.8. The maximum atomic E-state index is 5.11. The van der Waals surface area contributed by atoms with E-state index in [1.807, 2.05) is 0 Å². The van der Waals surface area contributed by atoms with Crippen LogP contribution in [0.25, 0.3) is 137 Å². The van der Waals surface area contributed by atoms with Crippen molar-refractivity contribution in [3.63, 3.8) is 0 Å². The van der Waals surface area contributed by atoms with E-state index in [1.54, 1.807) is 0 Å². The van der Waals surface area contributed by atoms with Gasteiger partial charge in [-0.05, 0) is 139 Å². The molecule has 0 radical (unpaired) electrons. The van der Waals surface area contributed by atoms with Crippen molar-refractivity contribution in [2.75, 3.05) is 0 Å². The predicted molar refractivity (Wildman–Crippen MR) is 268 cm³/mol. The second-order valence-corrected chi connectivity index (χ2v) is 16.9. The predicted octanol–water partition coefficient (Wildman–Crippen LogP) is 16.6. The average molecular weight is 797 g/mol. The molecule has 0 aliphatic rings. The quantitative estimate of drug-likeness (QED) is 0.159. The normalized spacial score (nSPS) is 12.1. The van der Waals surface area contributed by atoms with E-state index in [0.717, 1.165) is 28.1 Å². The molecule has 14 rings (SSSR count). The van der Waals surface area contributed by atoms with Gasteiger partial charge in [-0.25, -0.2) is 4.98 Å². The molecule has 0 N–H and O–H groups in total. The van der Waals surface area contributed by atoms with Crippen LogP contribution >= 0.6 is 0 Å². The molecular formula is C61H36N2. The van der Waals surface area contributed by atoms with Crippen molar-refractivity contribution in [1.29, 1.82) is 0 Å². The molecule has 1 heterocycles. The highest BCUT2D eigenvalue weighted by Gasteiger charge is 2.27. The molecule has 1 aromatic heterocycles. The fourth-order valence-electron chi connectivity index (χ4n) is 11.1. The molecule has 0 atom stereocenters. The summed E-state index contributed by atoms with van der Waals surface area (Å²) in [5, 5.41) is 18.3. The lowest BCUT2D eigenvalue weighted by Crippen LogP contribution is -1.97. The molecule has 63 heavy (non-hydrogen) atoms. The molecule has 13 aromatic carbocycles. The lowest BCUT2D eigenvalue weighted by atomic mass is 9.84. The molecule has 0 bridgehead atoms. The second-order valence-electron chi connectivity index (χ2n) is 16.9. The molecule has 0 aliphatic carbocycles. The van der Waals surface area contributed by atoms with Gasteiger partial charge in [-0.1, -0.05) is 188 Å². The Morgan fingerprint density at radius 3 is 1.54 bits per heavy atom. The second kappa shape index (κ2) is 13.1. The summed E-state index contributed by atoms with van der Waals surface area (Å²) in [5.41, 5.74) is 11.7. The molecule has 14 aromatic rings. The standard InChI is InChI=1S/C61H36N2/c1-4-16-38(17-5-1)54-51-36-50-44-23-11-10-22-43(44)46-25-15-26-47(57(46)50)58(51)55(39-18-6-2-7-19-39)60-49-35-34-42(45-24-14-27-48(56(45)49)59(54)60)37-30-32-41(33-31-37)63-53-29-13-12-28-52(53)62-61(63)40-20-8-3-9-21-40/h1-36H. The number of aromatic nitrogens is 2. The van der Waals surface area contributed by atoms with Crippen LogP contribution in [0.4, 0.5) is 0 Å². The number of hydrogen-bond acceptors (Lipinski definition) is 1. The molecule has 290 valence electrons. The summed E-state index contributed by atoms with van der Waals surface area (Å²) in [6.07, 6.45) is 0. The molecule has 2 nitrogen and oxygen atoms in total. The Morgan fingerprint density at radius 1 is 0.286 bits per heavy atom. The van der Waals surface area contributed by atoms with Crippen molar-refractivity contribution in [2.45, 2.75) is 0 Å². The number of benzene rings is 11. The molecule has 2 heteroatoms. The fourth-order valence-corrected chi connectivity index (χ4v) is 11.1. The molecule has 0 amide bonds. The van der Waals surface area contributed by atoms with E-state index in [-0.39, 0.29) is 0 Å². The first kappa shape index (κ1) is 34.4. The molecule has 0 saturated carbocycles. The van der Waals surface area contributed by atoms with Crippen LogP contribution < -0.4 is 0 Å². The summed E-state index contributed by atoms with van der Waals surface area (Å²) in [7, 11) is 0. The number of rotatable bonds is 5. The third kappa shape index (κ3) is 4.81. The van der Waals surface area contributed by atoms with Gasteiger partial charge in [0.25, 0.3) is 0 Å². The van der Waals surface area contributed by atoms with Crippen molar-refractivity contribution in [2.24, 2.45) is 0 Å². The summed E-state index contributed by atoms with van der Waals surface area (Å²) < 4.78 is 2.29. The van der Waals surface area contributed by atoms with Gasteiger partial charge < -0.3 is 0 Å². The van der Waals surface area contributed by atoms with Crippen LogP contribution in [0.5, 0.6) is 0 Å². The van der Waals surface area contributed by atoms with Gasteiger partial charge in [0.1, 0.15) is 5.82 Å². The average Bonchev–Trinajstić information content (AvgIpc) is 4.02. The van der Waals surface area contributed by atoms with Crippen LogP contribution in [0.15, 0.2) is 218 Å². The van der Waals surface area contributed by atoms with E-state index in [1.165, 1.54) is 109 Å². The molecular weight excluding hydrogens is 761 g/mol. The van der Waals surface area contributed by atoms with Gasteiger partial charge in [-0.2, -0.15) is 0 Å². The largest absolute Gasteiger partial charge is 0.292 e. The van der Waals surface area contributed by atoms with Gasteiger partial charge in [0.15, 0.2) is 0 Å². The summed E-state index contributed by atoms with van der Waals surface area (Å²) in [4.78, 5) is 5.11. The third-order valence-corrected chi connectivity index (χ3v) is 13.7. The minimum Gasteiger partial charge on any atom is -0.292 e. The Morgan fingerprint density at radius 2 is 0.810 bits per heavy atom. The summed E-state index contributed by atoms with van der Waals surface area (Å²) in [6.45, 7) is 0. The summed E-state index contributed by atoms with van der Waals surface area (Å²) in [6, 6.07) is 80.3. The van der Waals surface area contributed by atoms with Crippen LogP contribution in [-0.4, -0.2) is 9.55 Å². The Bertz CT molecular complexity index is 4090. The minimum atomic E-state index is 0.940. The SMILES string of the molecule is c1ccc(-c2c3cc4c5ccccc5c5cccc(c3c(-c3ccccc3)c3c6ccc(-c7ccc(-n8c(-c9ccccc9)nc9ccccc98)cc7)c7cccc(c23)c76)c54)cc1. The van der Waals surface area contributed by atoms with Crippen molar-refractivity contribution in [1.82, 2.24) is 9.55 Å². The van der Waals surface area contributed by atoms with Gasteiger partial charge in [0.05, 0.1) is 11.0 Å². The van der Waals surface area contributed by atoms with E-state index in [2.05, 4.69) is 223 Å². The number of fused-ring (bicyclic) bond motifs is 9. The zero-order valence-electron chi connectivity index (χ0n) is 34.2. The van der Waals surface area contributed by atoms with Crippen molar-refractivity contribution in [3.05, 3.63) is 218 Å². The number of nitrogens with zero attached hydrogens (tertiary/aromatic N) is 2. The van der Waals surface area contributed by atoms with Crippen LogP contribution in [0.1, 0.15) is 0 Å². The molecule has 0 fully saturated rings. The highest BCUT2D eigenvalue weighted by atomic mass is 15.1. The highest BCUT2D eigenvalue weighted by Crippen LogP contribution is 2.55. The maximum Gasteiger partial charge on any atom is 0.145 e. The van der Waals surface area contributed by atoms with Crippen LogP contribution in [0, 0.1) is 0 Å². The fraction of sp³-hybridized carbons (Fsp3) is 0. The molecule has 0 saturated heterocycles. The van der Waals surface area contributed by atoms with E-state index >= 15 is 0 Å². The van der Waals surface area contributed by atoms with Gasteiger partial charge in [-0.3, -0.25) is 4.57 Å². The minimum absolute atomic E-state index is 0.940. The number of para-hydroxylation sites is 2. The van der Waals surface area contributed by atoms with Crippen molar-refractivity contribution >= 4 is 86.4 Å². The lowest BCUT2D eigenvalue weighted by molar-refractivity contribution is 1.10. The van der Waals surface area contributed by atoms with Gasteiger partial charge >= 0.3 is 0 Å². The molecule has 0 unspecified atom stereocenters. The van der Waals surface area contributed by atoms with Crippen molar-refractivity contribution in [3.8, 4) is 50.5 Å². The monoisotopic (exact) mass is 796 g/mol. The van der Waals surface area contributed by atoms with Crippen LogP contribution in [0.2, 0.25) is 0 Å². The molecule has 0 aliphatic heterocycles. The van der Waals surface area contributed by atoms with Crippen LogP contribution in [0.3, 0.4) is 0 Å². The lowest BCUT2D eigenvalue weighted by Gasteiger charge is -2.19. The number of hydrogen-bond donors (Lipinski definition) is 0.